The van der Waals surface area contributed by atoms with E-state index in [0.29, 0.717) is 5.25 Å². The molecule has 0 aliphatic carbocycles. The summed E-state index contributed by atoms with van der Waals surface area (Å²) in [5, 5.41) is 0.304. The number of thioether (sulfide) groups is 1. The first-order valence-corrected chi connectivity index (χ1v) is 5.81. The fourth-order valence-electron chi connectivity index (χ4n) is 1.85. The molecule has 2 unspecified atom stereocenters. The predicted molar refractivity (Wildman–Crippen MR) is 58.8 cm³/mol. The second-order valence-electron chi connectivity index (χ2n) is 3.80. The maximum Gasteiger partial charge on any atom is 0.128 e. The third-order valence-corrected chi connectivity index (χ3v) is 4.14. The summed E-state index contributed by atoms with van der Waals surface area (Å²) in [4.78, 5) is 0. The molecule has 1 aromatic rings. The molecule has 0 spiro atoms. The van der Waals surface area contributed by atoms with E-state index in [1.165, 1.54) is 6.07 Å². The number of hydrogen-bond donors (Lipinski definition) is 1. The average molecular weight is 211 g/mol. The van der Waals surface area contributed by atoms with Gasteiger partial charge in [0.15, 0.2) is 0 Å². The standard InChI is InChI=1S/C11H14FNS/c1-6-3-4-9(12)10-8(6)5-14-7(2)11(10)13/h3-4,7,11H,5,13H2,1-2H3. The fourth-order valence-corrected chi connectivity index (χ4v) is 3.01. The van der Waals surface area contributed by atoms with Crippen molar-refractivity contribution in [3.05, 3.63) is 34.6 Å². The summed E-state index contributed by atoms with van der Waals surface area (Å²) in [6.07, 6.45) is 0. The Hall–Kier alpha value is -0.540. The summed E-state index contributed by atoms with van der Waals surface area (Å²) in [5.41, 5.74) is 8.98. The van der Waals surface area contributed by atoms with Crippen molar-refractivity contribution in [2.45, 2.75) is 30.9 Å². The van der Waals surface area contributed by atoms with Crippen LogP contribution in [-0.4, -0.2) is 5.25 Å². The Kier molecular flexibility index (Phi) is 2.54. The highest BCUT2D eigenvalue weighted by molar-refractivity contribution is 7.99. The number of nitrogens with two attached hydrogens (primary N) is 1. The predicted octanol–water partition coefficient (Wildman–Crippen LogP) is 2.77. The lowest BCUT2D eigenvalue weighted by molar-refractivity contribution is 0.571. The summed E-state index contributed by atoms with van der Waals surface area (Å²) in [7, 11) is 0. The Morgan fingerprint density at radius 2 is 2.21 bits per heavy atom. The van der Waals surface area contributed by atoms with Crippen LogP contribution in [-0.2, 0) is 5.75 Å². The number of aryl methyl sites for hydroxylation is 1. The van der Waals surface area contributed by atoms with Gasteiger partial charge in [0.1, 0.15) is 5.82 Å². The molecule has 1 nitrogen and oxygen atoms in total. The van der Waals surface area contributed by atoms with E-state index in [0.717, 1.165) is 22.4 Å². The van der Waals surface area contributed by atoms with Crippen LogP contribution < -0.4 is 5.73 Å². The molecule has 0 saturated heterocycles. The summed E-state index contributed by atoms with van der Waals surface area (Å²) in [6.45, 7) is 4.07. The lowest BCUT2D eigenvalue weighted by Crippen LogP contribution is -2.27. The van der Waals surface area contributed by atoms with Gasteiger partial charge in [0.05, 0.1) is 0 Å². The van der Waals surface area contributed by atoms with Crippen molar-refractivity contribution >= 4 is 11.8 Å². The third kappa shape index (κ3) is 1.44. The Bertz CT molecular complexity index is 365. The molecule has 0 fully saturated rings. The van der Waals surface area contributed by atoms with E-state index in [9.17, 15) is 4.39 Å². The van der Waals surface area contributed by atoms with E-state index in [1.54, 1.807) is 11.8 Å². The monoisotopic (exact) mass is 211 g/mol. The summed E-state index contributed by atoms with van der Waals surface area (Å²) >= 11 is 1.80. The second-order valence-corrected chi connectivity index (χ2v) is 5.16. The maximum absolute atomic E-state index is 13.6. The van der Waals surface area contributed by atoms with Crippen molar-refractivity contribution in [2.24, 2.45) is 5.73 Å². The van der Waals surface area contributed by atoms with Crippen molar-refractivity contribution in [1.82, 2.24) is 0 Å². The van der Waals surface area contributed by atoms with Crippen molar-refractivity contribution in [1.29, 1.82) is 0 Å². The summed E-state index contributed by atoms with van der Waals surface area (Å²) in [6, 6.07) is 3.19. The van der Waals surface area contributed by atoms with E-state index in [-0.39, 0.29) is 11.9 Å². The molecule has 1 aromatic carbocycles. The van der Waals surface area contributed by atoms with Crippen LogP contribution in [0.15, 0.2) is 12.1 Å². The van der Waals surface area contributed by atoms with E-state index in [1.807, 2.05) is 13.0 Å². The van der Waals surface area contributed by atoms with Crippen LogP contribution in [0.4, 0.5) is 4.39 Å². The number of benzene rings is 1. The Labute approximate surface area is 87.9 Å². The zero-order chi connectivity index (χ0) is 10.3. The van der Waals surface area contributed by atoms with Gasteiger partial charge in [-0.25, -0.2) is 4.39 Å². The van der Waals surface area contributed by atoms with Gasteiger partial charge < -0.3 is 5.73 Å². The molecule has 0 bridgehead atoms. The van der Waals surface area contributed by atoms with E-state index < -0.39 is 0 Å². The third-order valence-electron chi connectivity index (χ3n) is 2.87. The van der Waals surface area contributed by atoms with Crippen LogP contribution in [0.3, 0.4) is 0 Å². The van der Waals surface area contributed by atoms with Crippen molar-refractivity contribution < 1.29 is 4.39 Å². The zero-order valence-corrected chi connectivity index (χ0v) is 9.20. The highest BCUT2D eigenvalue weighted by atomic mass is 32.2. The minimum Gasteiger partial charge on any atom is -0.323 e. The largest absolute Gasteiger partial charge is 0.323 e. The minimum absolute atomic E-state index is 0.148. The highest BCUT2D eigenvalue weighted by Gasteiger charge is 2.27. The van der Waals surface area contributed by atoms with E-state index in [4.69, 9.17) is 5.73 Å². The molecule has 2 N–H and O–H groups in total. The Balaban J connectivity index is 2.58. The van der Waals surface area contributed by atoms with Gasteiger partial charge in [-0.05, 0) is 24.1 Å². The normalized spacial score (nSPS) is 26.0. The zero-order valence-electron chi connectivity index (χ0n) is 8.38. The van der Waals surface area contributed by atoms with Crippen LogP contribution in [0.2, 0.25) is 0 Å². The van der Waals surface area contributed by atoms with Crippen molar-refractivity contribution in [2.75, 3.05) is 0 Å². The van der Waals surface area contributed by atoms with E-state index >= 15 is 0 Å². The van der Waals surface area contributed by atoms with Gasteiger partial charge >= 0.3 is 0 Å². The summed E-state index contributed by atoms with van der Waals surface area (Å²) in [5.74, 6) is 0.735. The van der Waals surface area contributed by atoms with Crippen LogP contribution in [0.5, 0.6) is 0 Å². The second kappa shape index (κ2) is 3.55. The molecule has 14 heavy (non-hydrogen) atoms. The molecule has 0 saturated carbocycles. The molecule has 76 valence electrons. The number of halogens is 1. The molecule has 2 rings (SSSR count). The number of rotatable bonds is 0. The molecule has 0 radical (unpaired) electrons. The minimum atomic E-state index is -0.163. The van der Waals surface area contributed by atoms with Gasteiger partial charge in [-0.3, -0.25) is 0 Å². The van der Waals surface area contributed by atoms with Gasteiger partial charge in [0.25, 0.3) is 0 Å². The SMILES string of the molecule is Cc1ccc(F)c2c1CSC(C)C2N. The summed E-state index contributed by atoms with van der Waals surface area (Å²) < 4.78 is 13.6. The Morgan fingerprint density at radius 3 is 2.93 bits per heavy atom. The van der Waals surface area contributed by atoms with Crippen LogP contribution in [0.1, 0.15) is 29.7 Å². The molecule has 0 aromatic heterocycles. The highest BCUT2D eigenvalue weighted by Crippen LogP contribution is 2.38. The van der Waals surface area contributed by atoms with Gasteiger partial charge in [0.2, 0.25) is 0 Å². The van der Waals surface area contributed by atoms with Crippen molar-refractivity contribution in [3.8, 4) is 0 Å². The first-order valence-electron chi connectivity index (χ1n) is 4.76. The molecular formula is C11H14FNS. The fraction of sp³-hybridized carbons (Fsp3) is 0.455. The average Bonchev–Trinajstić information content (AvgIpc) is 2.16. The maximum atomic E-state index is 13.6. The van der Waals surface area contributed by atoms with Crippen LogP contribution in [0.25, 0.3) is 0 Å². The number of fused-ring (bicyclic) bond motifs is 1. The van der Waals surface area contributed by atoms with Gasteiger partial charge in [-0.2, -0.15) is 11.8 Å². The first-order chi connectivity index (χ1) is 6.61. The van der Waals surface area contributed by atoms with Crippen LogP contribution >= 0.6 is 11.8 Å². The first kappa shape index (κ1) is 9.99. The molecule has 1 aliphatic rings. The Morgan fingerprint density at radius 1 is 1.50 bits per heavy atom. The molecule has 1 aliphatic heterocycles. The topological polar surface area (TPSA) is 26.0 Å². The quantitative estimate of drug-likeness (QED) is 0.714. The number of hydrogen-bond acceptors (Lipinski definition) is 2. The van der Waals surface area contributed by atoms with Gasteiger partial charge in [0, 0.05) is 22.6 Å². The lowest BCUT2D eigenvalue weighted by Gasteiger charge is -2.29. The molecule has 3 heteroatoms. The molecule has 2 atom stereocenters. The van der Waals surface area contributed by atoms with Crippen LogP contribution in [0, 0.1) is 12.7 Å². The lowest BCUT2D eigenvalue weighted by atomic mass is 9.95. The molecular weight excluding hydrogens is 197 g/mol. The van der Waals surface area contributed by atoms with Gasteiger partial charge in [-0.15, -0.1) is 0 Å². The van der Waals surface area contributed by atoms with Gasteiger partial charge in [-0.1, -0.05) is 13.0 Å². The van der Waals surface area contributed by atoms with E-state index in [2.05, 4.69) is 6.92 Å². The van der Waals surface area contributed by atoms with Crippen molar-refractivity contribution in [3.63, 3.8) is 0 Å². The smallest absolute Gasteiger partial charge is 0.128 e. The molecule has 1 heterocycles. The molecule has 0 amide bonds.